The molecule has 2 unspecified atom stereocenters. The Hall–Kier alpha value is -0.120. The molecular formula is C16H33NO2. The Kier molecular flexibility index (Phi) is 6.28. The van der Waals surface area contributed by atoms with Crippen LogP contribution in [0.25, 0.3) is 0 Å². The van der Waals surface area contributed by atoms with E-state index < -0.39 is 0 Å². The Bertz CT molecular complexity index is 258. The number of nitrogens with one attached hydrogen (secondary N) is 1. The lowest BCUT2D eigenvalue weighted by atomic mass is 9.87. The zero-order chi connectivity index (χ0) is 14.5. The van der Waals surface area contributed by atoms with Crippen molar-refractivity contribution in [3.8, 4) is 0 Å². The minimum absolute atomic E-state index is 0.0713. The summed E-state index contributed by atoms with van der Waals surface area (Å²) in [6, 6.07) is 0.474. The molecule has 3 heteroatoms. The average molecular weight is 271 g/mol. The second-order valence-electron chi connectivity index (χ2n) is 7.33. The maximum absolute atomic E-state index is 6.06. The van der Waals surface area contributed by atoms with Gasteiger partial charge in [0.25, 0.3) is 0 Å². The molecule has 1 saturated carbocycles. The maximum atomic E-state index is 6.06. The fraction of sp³-hybridized carbons (Fsp3) is 1.00. The van der Waals surface area contributed by atoms with Crippen molar-refractivity contribution in [2.24, 2.45) is 5.41 Å². The molecule has 2 atom stereocenters. The van der Waals surface area contributed by atoms with Crippen LogP contribution in [-0.4, -0.2) is 37.5 Å². The molecule has 3 nitrogen and oxygen atoms in total. The largest absolute Gasteiger partial charge is 0.374 e. The summed E-state index contributed by atoms with van der Waals surface area (Å²) in [6.07, 6.45) is 3.90. The van der Waals surface area contributed by atoms with E-state index in [1.54, 1.807) is 0 Å². The van der Waals surface area contributed by atoms with E-state index in [1.165, 1.54) is 12.8 Å². The van der Waals surface area contributed by atoms with Gasteiger partial charge in [0.05, 0.1) is 24.9 Å². The fourth-order valence-electron chi connectivity index (χ4n) is 2.77. The van der Waals surface area contributed by atoms with Gasteiger partial charge in [-0.05, 0) is 52.0 Å². The van der Waals surface area contributed by atoms with E-state index in [2.05, 4.69) is 46.9 Å². The molecule has 1 fully saturated rings. The van der Waals surface area contributed by atoms with Crippen LogP contribution in [0.3, 0.4) is 0 Å². The lowest BCUT2D eigenvalue weighted by Crippen LogP contribution is -2.46. The van der Waals surface area contributed by atoms with Crippen molar-refractivity contribution >= 4 is 0 Å². The van der Waals surface area contributed by atoms with E-state index in [0.717, 1.165) is 13.0 Å². The maximum Gasteiger partial charge on any atom is 0.0734 e. The van der Waals surface area contributed by atoms with Gasteiger partial charge in [-0.15, -0.1) is 0 Å². The fourth-order valence-corrected chi connectivity index (χ4v) is 2.77. The molecule has 0 aliphatic heterocycles. The first-order valence-electron chi connectivity index (χ1n) is 7.75. The average Bonchev–Trinajstić information content (AvgIpc) is 2.56. The van der Waals surface area contributed by atoms with E-state index in [1.807, 2.05) is 0 Å². The lowest BCUT2D eigenvalue weighted by molar-refractivity contribution is -0.0573. The number of ether oxygens (including phenoxy) is 2. The Morgan fingerprint density at radius 2 is 1.89 bits per heavy atom. The summed E-state index contributed by atoms with van der Waals surface area (Å²) in [6.45, 7) is 15.6. The lowest BCUT2D eigenvalue weighted by Gasteiger charge is -2.31. The molecule has 1 N–H and O–H groups in total. The highest BCUT2D eigenvalue weighted by Crippen LogP contribution is 2.39. The molecule has 0 aromatic rings. The standard InChI is InChI=1S/C16H33NO2/c1-7-10-17-14-13(8-9-16(14,5)6)18-11-12-19-15(2,3)4/h13-14,17H,7-12H2,1-6H3. The van der Waals surface area contributed by atoms with Gasteiger partial charge in [0.15, 0.2) is 0 Å². The molecule has 0 aromatic heterocycles. The topological polar surface area (TPSA) is 30.5 Å². The zero-order valence-electron chi connectivity index (χ0n) is 13.7. The van der Waals surface area contributed by atoms with Gasteiger partial charge in [0, 0.05) is 6.04 Å². The molecule has 0 heterocycles. The van der Waals surface area contributed by atoms with Crippen LogP contribution >= 0.6 is 0 Å². The first kappa shape index (κ1) is 16.9. The SMILES string of the molecule is CCCNC1C(OCCOC(C)(C)C)CCC1(C)C. The monoisotopic (exact) mass is 271 g/mol. The number of hydrogen-bond acceptors (Lipinski definition) is 3. The summed E-state index contributed by atoms with van der Waals surface area (Å²) in [5.74, 6) is 0. The van der Waals surface area contributed by atoms with Crippen LogP contribution in [0, 0.1) is 5.41 Å². The summed E-state index contributed by atoms with van der Waals surface area (Å²) in [4.78, 5) is 0. The molecule has 0 radical (unpaired) electrons. The Morgan fingerprint density at radius 1 is 1.21 bits per heavy atom. The van der Waals surface area contributed by atoms with E-state index in [-0.39, 0.29) is 5.60 Å². The van der Waals surface area contributed by atoms with Gasteiger partial charge in [-0.1, -0.05) is 20.8 Å². The molecular weight excluding hydrogens is 238 g/mol. The summed E-state index contributed by atoms with van der Waals surface area (Å²) in [5, 5.41) is 3.66. The van der Waals surface area contributed by atoms with Crippen LogP contribution in [-0.2, 0) is 9.47 Å². The summed E-state index contributed by atoms with van der Waals surface area (Å²) in [5.41, 5.74) is 0.267. The van der Waals surface area contributed by atoms with Crippen molar-refractivity contribution in [2.75, 3.05) is 19.8 Å². The van der Waals surface area contributed by atoms with E-state index in [4.69, 9.17) is 9.47 Å². The van der Waals surface area contributed by atoms with Crippen LogP contribution < -0.4 is 5.32 Å². The molecule has 1 rings (SSSR count). The van der Waals surface area contributed by atoms with Crippen LogP contribution in [0.15, 0.2) is 0 Å². The van der Waals surface area contributed by atoms with Gasteiger partial charge in [0.1, 0.15) is 0 Å². The first-order valence-corrected chi connectivity index (χ1v) is 7.75. The highest BCUT2D eigenvalue weighted by Gasteiger charge is 2.42. The Morgan fingerprint density at radius 3 is 2.47 bits per heavy atom. The molecule has 1 aliphatic rings. The molecule has 114 valence electrons. The van der Waals surface area contributed by atoms with Crippen molar-refractivity contribution in [2.45, 2.75) is 78.6 Å². The molecule has 0 bridgehead atoms. The van der Waals surface area contributed by atoms with Crippen LogP contribution in [0.4, 0.5) is 0 Å². The minimum atomic E-state index is -0.0713. The third-order valence-electron chi connectivity index (χ3n) is 3.85. The molecule has 1 aliphatic carbocycles. The molecule has 0 amide bonds. The summed E-state index contributed by atoms with van der Waals surface area (Å²) in [7, 11) is 0. The highest BCUT2D eigenvalue weighted by atomic mass is 16.5. The number of hydrogen-bond donors (Lipinski definition) is 1. The van der Waals surface area contributed by atoms with Gasteiger partial charge < -0.3 is 14.8 Å². The Labute approximate surface area is 119 Å². The predicted octanol–water partition coefficient (Wildman–Crippen LogP) is 3.37. The summed E-state index contributed by atoms with van der Waals surface area (Å²) < 4.78 is 11.8. The van der Waals surface area contributed by atoms with Gasteiger partial charge >= 0.3 is 0 Å². The van der Waals surface area contributed by atoms with Crippen molar-refractivity contribution < 1.29 is 9.47 Å². The van der Waals surface area contributed by atoms with Gasteiger partial charge in [0.2, 0.25) is 0 Å². The third kappa shape index (κ3) is 5.80. The highest BCUT2D eigenvalue weighted by molar-refractivity contribution is 4.97. The second kappa shape index (κ2) is 7.05. The normalized spacial score (nSPS) is 26.8. The van der Waals surface area contributed by atoms with Crippen molar-refractivity contribution in [1.82, 2.24) is 5.32 Å². The van der Waals surface area contributed by atoms with E-state index in [9.17, 15) is 0 Å². The van der Waals surface area contributed by atoms with E-state index in [0.29, 0.717) is 30.8 Å². The smallest absolute Gasteiger partial charge is 0.0734 e. The summed E-state index contributed by atoms with van der Waals surface area (Å²) >= 11 is 0. The van der Waals surface area contributed by atoms with Crippen molar-refractivity contribution in [1.29, 1.82) is 0 Å². The van der Waals surface area contributed by atoms with Gasteiger partial charge in [-0.25, -0.2) is 0 Å². The molecule has 0 spiro atoms. The van der Waals surface area contributed by atoms with Crippen LogP contribution in [0.1, 0.15) is 60.8 Å². The third-order valence-corrected chi connectivity index (χ3v) is 3.85. The predicted molar refractivity (Wildman–Crippen MR) is 80.5 cm³/mol. The second-order valence-corrected chi connectivity index (χ2v) is 7.33. The van der Waals surface area contributed by atoms with Gasteiger partial charge in [-0.3, -0.25) is 0 Å². The number of rotatable bonds is 7. The van der Waals surface area contributed by atoms with Crippen LogP contribution in [0.2, 0.25) is 0 Å². The quantitative estimate of drug-likeness (QED) is 0.720. The Balaban J connectivity index is 2.35. The van der Waals surface area contributed by atoms with Crippen molar-refractivity contribution in [3.05, 3.63) is 0 Å². The molecule has 19 heavy (non-hydrogen) atoms. The van der Waals surface area contributed by atoms with Gasteiger partial charge in [-0.2, -0.15) is 0 Å². The molecule has 0 saturated heterocycles. The van der Waals surface area contributed by atoms with E-state index >= 15 is 0 Å². The van der Waals surface area contributed by atoms with Crippen molar-refractivity contribution in [3.63, 3.8) is 0 Å². The van der Waals surface area contributed by atoms with Crippen LogP contribution in [0.5, 0.6) is 0 Å². The minimum Gasteiger partial charge on any atom is -0.374 e. The zero-order valence-corrected chi connectivity index (χ0v) is 13.7. The first-order chi connectivity index (χ1) is 8.76. The molecule has 0 aromatic carbocycles.